The Bertz CT molecular complexity index is 757. The van der Waals surface area contributed by atoms with Crippen molar-refractivity contribution in [3.8, 4) is 0 Å². The van der Waals surface area contributed by atoms with Crippen molar-refractivity contribution < 1.29 is 0 Å². The smallest absolute Gasteiger partial charge is 0.225 e. The molecule has 6 heteroatoms. The van der Waals surface area contributed by atoms with Crippen LogP contribution in [0.3, 0.4) is 0 Å². The standard InChI is InChI=1S/C14H11Cl2N3S/c1-8(9-3-2-4-10(15)7-9)17-12-11-5-6-20-13(11)19-14(16)18-12/h2-8H,1H3,(H,17,18,19). The predicted octanol–water partition coefficient (Wildman–Crippen LogP) is 5.17. The predicted molar refractivity (Wildman–Crippen MR) is 85.9 cm³/mol. The zero-order chi connectivity index (χ0) is 14.1. The van der Waals surface area contributed by atoms with Gasteiger partial charge in [0, 0.05) is 5.02 Å². The van der Waals surface area contributed by atoms with E-state index in [1.54, 1.807) is 11.3 Å². The van der Waals surface area contributed by atoms with Crippen LogP contribution in [0.25, 0.3) is 10.2 Å². The van der Waals surface area contributed by atoms with Crippen LogP contribution in [0.5, 0.6) is 0 Å². The second-order valence-corrected chi connectivity index (χ2v) is 6.07. The maximum atomic E-state index is 6.02. The number of thiophene rings is 1. The molecule has 102 valence electrons. The van der Waals surface area contributed by atoms with Crippen LogP contribution in [0.2, 0.25) is 10.3 Å². The lowest BCUT2D eigenvalue weighted by Crippen LogP contribution is -2.08. The van der Waals surface area contributed by atoms with Crippen molar-refractivity contribution in [1.29, 1.82) is 0 Å². The maximum absolute atomic E-state index is 6.02. The Morgan fingerprint density at radius 1 is 1.20 bits per heavy atom. The lowest BCUT2D eigenvalue weighted by Gasteiger charge is -2.16. The van der Waals surface area contributed by atoms with Crippen molar-refractivity contribution in [2.24, 2.45) is 0 Å². The van der Waals surface area contributed by atoms with Crippen molar-refractivity contribution in [3.05, 3.63) is 51.6 Å². The summed E-state index contributed by atoms with van der Waals surface area (Å²) in [5.74, 6) is 0.744. The minimum atomic E-state index is 0.0720. The number of rotatable bonds is 3. The largest absolute Gasteiger partial charge is 0.363 e. The molecule has 0 radical (unpaired) electrons. The first-order valence-corrected chi connectivity index (χ1v) is 7.70. The minimum absolute atomic E-state index is 0.0720. The van der Waals surface area contributed by atoms with Gasteiger partial charge in [0.15, 0.2) is 0 Å². The van der Waals surface area contributed by atoms with Crippen LogP contribution in [0.15, 0.2) is 35.7 Å². The van der Waals surface area contributed by atoms with Gasteiger partial charge in [0.1, 0.15) is 10.6 Å². The average Bonchev–Trinajstić information content (AvgIpc) is 2.86. The number of aromatic nitrogens is 2. The topological polar surface area (TPSA) is 37.8 Å². The van der Waals surface area contributed by atoms with Crippen LogP contribution in [0, 0.1) is 0 Å². The fourth-order valence-electron chi connectivity index (χ4n) is 2.00. The summed E-state index contributed by atoms with van der Waals surface area (Å²) in [7, 11) is 0. The van der Waals surface area contributed by atoms with E-state index in [1.807, 2.05) is 35.7 Å². The van der Waals surface area contributed by atoms with Gasteiger partial charge in [0.05, 0.1) is 11.4 Å². The average molecular weight is 324 g/mol. The van der Waals surface area contributed by atoms with Gasteiger partial charge in [0.25, 0.3) is 0 Å². The number of fused-ring (bicyclic) bond motifs is 1. The van der Waals surface area contributed by atoms with E-state index >= 15 is 0 Å². The molecule has 0 bridgehead atoms. The van der Waals surface area contributed by atoms with Gasteiger partial charge in [-0.15, -0.1) is 11.3 Å². The Kier molecular flexibility index (Phi) is 3.78. The Morgan fingerprint density at radius 3 is 2.85 bits per heavy atom. The van der Waals surface area contributed by atoms with E-state index in [0.29, 0.717) is 0 Å². The Morgan fingerprint density at radius 2 is 2.05 bits per heavy atom. The third-order valence-electron chi connectivity index (χ3n) is 3.00. The van der Waals surface area contributed by atoms with Gasteiger partial charge >= 0.3 is 0 Å². The third-order valence-corrected chi connectivity index (χ3v) is 4.21. The van der Waals surface area contributed by atoms with Crippen molar-refractivity contribution in [1.82, 2.24) is 9.97 Å². The van der Waals surface area contributed by atoms with Crippen molar-refractivity contribution in [2.75, 3.05) is 5.32 Å². The highest BCUT2D eigenvalue weighted by Gasteiger charge is 2.12. The first-order chi connectivity index (χ1) is 9.63. The summed E-state index contributed by atoms with van der Waals surface area (Å²) < 4.78 is 0. The molecule has 0 spiro atoms. The second kappa shape index (κ2) is 5.56. The highest BCUT2D eigenvalue weighted by molar-refractivity contribution is 7.16. The summed E-state index contributed by atoms with van der Waals surface area (Å²) in [5, 5.41) is 7.30. The molecule has 1 N–H and O–H groups in total. The summed E-state index contributed by atoms with van der Waals surface area (Å²) in [6.45, 7) is 2.06. The zero-order valence-corrected chi connectivity index (χ0v) is 12.9. The number of nitrogens with one attached hydrogen (secondary N) is 1. The first kappa shape index (κ1) is 13.6. The van der Waals surface area contributed by atoms with Gasteiger partial charge in [0.2, 0.25) is 5.28 Å². The highest BCUT2D eigenvalue weighted by atomic mass is 35.5. The van der Waals surface area contributed by atoms with Crippen LogP contribution in [-0.2, 0) is 0 Å². The second-order valence-electron chi connectivity index (χ2n) is 4.40. The zero-order valence-electron chi connectivity index (χ0n) is 10.6. The van der Waals surface area contributed by atoms with Crippen molar-refractivity contribution >= 4 is 50.6 Å². The molecule has 3 rings (SSSR count). The van der Waals surface area contributed by atoms with Gasteiger partial charge in [-0.3, -0.25) is 0 Å². The summed E-state index contributed by atoms with van der Waals surface area (Å²) in [6.07, 6.45) is 0. The fraction of sp³-hybridized carbons (Fsp3) is 0.143. The Labute approximate surface area is 130 Å². The van der Waals surface area contributed by atoms with Crippen LogP contribution in [0.4, 0.5) is 5.82 Å². The quantitative estimate of drug-likeness (QED) is 0.675. The van der Waals surface area contributed by atoms with E-state index in [2.05, 4.69) is 22.2 Å². The number of hydrogen-bond acceptors (Lipinski definition) is 4. The molecule has 1 aromatic carbocycles. The summed E-state index contributed by atoms with van der Waals surface area (Å²) in [4.78, 5) is 9.36. The summed E-state index contributed by atoms with van der Waals surface area (Å²) in [5.41, 5.74) is 1.09. The Hall–Kier alpha value is -1.36. The summed E-state index contributed by atoms with van der Waals surface area (Å²) in [6, 6.07) is 9.81. The van der Waals surface area contributed by atoms with Gasteiger partial charge in [-0.2, -0.15) is 0 Å². The van der Waals surface area contributed by atoms with Crippen LogP contribution in [-0.4, -0.2) is 9.97 Å². The van der Waals surface area contributed by atoms with Gasteiger partial charge in [-0.25, -0.2) is 9.97 Å². The maximum Gasteiger partial charge on any atom is 0.225 e. The lowest BCUT2D eigenvalue weighted by atomic mass is 10.1. The minimum Gasteiger partial charge on any atom is -0.363 e. The van der Waals surface area contributed by atoms with Crippen molar-refractivity contribution in [3.63, 3.8) is 0 Å². The SMILES string of the molecule is CC(Nc1nc(Cl)nc2sccc12)c1cccc(Cl)c1. The molecule has 1 atom stereocenters. The molecule has 3 aromatic rings. The molecule has 0 fully saturated rings. The number of anilines is 1. The van der Waals surface area contributed by atoms with Gasteiger partial charge in [-0.1, -0.05) is 23.7 Å². The monoisotopic (exact) mass is 323 g/mol. The third kappa shape index (κ3) is 2.73. The molecule has 20 heavy (non-hydrogen) atoms. The van der Waals surface area contributed by atoms with E-state index in [4.69, 9.17) is 23.2 Å². The lowest BCUT2D eigenvalue weighted by molar-refractivity contribution is 0.876. The summed E-state index contributed by atoms with van der Waals surface area (Å²) >= 11 is 13.5. The first-order valence-electron chi connectivity index (χ1n) is 6.06. The molecular weight excluding hydrogens is 313 g/mol. The molecule has 0 aliphatic carbocycles. The highest BCUT2D eigenvalue weighted by Crippen LogP contribution is 2.29. The Balaban J connectivity index is 1.94. The molecule has 3 nitrogen and oxygen atoms in total. The molecule has 1 unspecified atom stereocenters. The molecule has 0 aliphatic heterocycles. The number of nitrogens with zero attached hydrogens (tertiary/aromatic N) is 2. The number of hydrogen-bond donors (Lipinski definition) is 1. The number of halogens is 2. The number of benzene rings is 1. The molecule has 0 amide bonds. The van der Waals surface area contributed by atoms with E-state index in [0.717, 1.165) is 26.6 Å². The van der Waals surface area contributed by atoms with E-state index in [1.165, 1.54) is 0 Å². The van der Waals surface area contributed by atoms with E-state index in [9.17, 15) is 0 Å². The molecule has 0 aliphatic rings. The van der Waals surface area contributed by atoms with Crippen molar-refractivity contribution in [2.45, 2.75) is 13.0 Å². The molecule has 2 aromatic heterocycles. The van der Waals surface area contributed by atoms with Gasteiger partial charge in [-0.05, 0) is 47.7 Å². The van der Waals surface area contributed by atoms with Crippen LogP contribution >= 0.6 is 34.5 Å². The van der Waals surface area contributed by atoms with Crippen LogP contribution in [0.1, 0.15) is 18.5 Å². The van der Waals surface area contributed by atoms with E-state index in [-0.39, 0.29) is 11.3 Å². The molecule has 2 heterocycles. The van der Waals surface area contributed by atoms with Gasteiger partial charge < -0.3 is 5.32 Å². The normalized spacial score (nSPS) is 12.6. The van der Waals surface area contributed by atoms with Crippen LogP contribution < -0.4 is 5.32 Å². The molecule has 0 saturated heterocycles. The molecular formula is C14H11Cl2N3S. The molecule has 0 saturated carbocycles. The van der Waals surface area contributed by atoms with E-state index < -0.39 is 0 Å². The fourth-order valence-corrected chi connectivity index (χ4v) is 3.19.